The van der Waals surface area contributed by atoms with Gasteiger partial charge in [-0.2, -0.15) is 0 Å². The highest BCUT2D eigenvalue weighted by Gasteiger charge is 2.36. The van der Waals surface area contributed by atoms with Gasteiger partial charge in [-0.05, 0) is 133 Å². The van der Waals surface area contributed by atoms with Crippen molar-refractivity contribution in [2.45, 2.75) is 19.3 Å². The van der Waals surface area contributed by atoms with E-state index >= 15 is 0 Å². The van der Waals surface area contributed by atoms with Crippen LogP contribution in [0.3, 0.4) is 0 Å². The molecule has 0 saturated carbocycles. The zero-order chi connectivity index (χ0) is 39.2. The lowest BCUT2D eigenvalue weighted by molar-refractivity contribution is 0.661. The summed E-state index contributed by atoms with van der Waals surface area (Å²) >= 11 is 0. The van der Waals surface area contributed by atoms with Gasteiger partial charge in [0, 0.05) is 5.41 Å². The van der Waals surface area contributed by atoms with Crippen LogP contribution in [0.4, 0.5) is 0 Å². The molecule has 276 valence electrons. The third-order valence-corrected chi connectivity index (χ3v) is 13.3. The van der Waals surface area contributed by atoms with Gasteiger partial charge in [0.15, 0.2) is 0 Å². The molecule has 11 aromatic carbocycles. The summed E-state index contributed by atoms with van der Waals surface area (Å²) < 4.78 is 0. The van der Waals surface area contributed by atoms with Crippen LogP contribution in [-0.4, -0.2) is 0 Å². The van der Waals surface area contributed by atoms with Gasteiger partial charge < -0.3 is 0 Å². The van der Waals surface area contributed by atoms with Crippen LogP contribution >= 0.6 is 0 Å². The van der Waals surface area contributed by atoms with Crippen molar-refractivity contribution in [1.29, 1.82) is 0 Å². The third kappa shape index (κ3) is 5.30. The van der Waals surface area contributed by atoms with Crippen LogP contribution in [0.25, 0.3) is 110 Å². The first-order chi connectivity index (χ1) is 29.0. The Kier molecular flexibility index (Phi) is 7.38. The van der Waals surface area contributed by atoms with Crippen molar-refractivity contribution in [2.75, 3.05) is 0 Å². The van der Waals surface area contributed by atoms with Gasteiger partial charge >= 0.3 is 0 Å². The van der Waals surface area contributed by atoms with Gasteiger partial charge in [-0.1, -0.05) is 208 Å². The highest BCUT2D eigenvalue weighted by Crippen LogP contribution is 2.51. The van der Waals surface area contributed by atoms with E-state index in [4.69, 9.17) is 0 Å². The molecule has 0 aromatic heterocycles. The molecule has 0 saturated heterocycles. The van der Waals surface area contributed by atoms with E-state index in [1.54, 1.807) is 0 Å². The minimum Gasteiger partial charge on any atom is -0.0616 e. The summed E-state index contributed by atoms with van der Waals surface area (Å²) in [5.41, 5.74) is 17.8. The van der Waals surface area contributed by atoms with Crippen molar-refractivity contribution >= 4 is 43.1 Å². The molecule has 1 aliphatic carbocycles. The molecule has 1 aliphatic rings. The van der Waals surface area contributed by atoms with Gasteiger partial charge in [0.1, 0.15) is 0 Å². The molecule has 59 heavy (non-hydrogen) atoms. The molecular weight excluding hydrogens is 709 g/mol. The zero-order valence-electron chi connectivity index (χ0n) is 33.1. The lowest BCUT2D eigenvalue weighted by Gasteiger charge is -2.22. The van der Waals surface area contributed by atoms with Crippen LogP contribution in [-0.2, 0) is 5.41 Å². The highest BCUT2D eigenvalue weighted by atomic mass is 14.4. The van der Waals surface area contributed by atoms with Gasteiger partial charge in [0.25, 0.3) is 0 Å². The maximum absolute atomic E-state index is 2.42. The second-order valence-corrected chi connectivity index (χ2v) is 16.9. The Balaban J connectivity index is 0.807. The van der Waals surface area contributed by atoms with Crippen LogP contribution in [0.1, 0.15) is 25.0 Å². The fourth-order valence-electron chi connectivity index (χ4n) is 10.1. The van der Waals surface area contributed by atoms with E-state index in [0.717, 1.165) is 0 Å². The summed E-state index contributed by atoms with van der Waals surface area (Å²) in [6.45, 7) is 4.76. The number of hydrogen-bond donors (Lipinski definition) is 0. The number of fused-ring (bicyclic) bond motifs is 4. The Morgan fingerprint density at radius 2 is 0.644 bits per heavy atom. The average molecular weight is 749 g/mol. The molecule has 0 atom stereocenters. The van der Waals surface area contributed by atoms with E-state index in [-0.39, 0.29) is 5.41 Å². The monoisotopic (exact) mass is 748 g/mol. The molecule has 11 aromatic rings. The van der Waals surface area contributed by atoms with Crippen molar-refractivity contribution in [1.82, 2.24) is 0 Å². The van der Waals surface area contributed by atoms with Crippen LogP contribution in [0, 0.1) is 0 Å². The summed E-state index contributed by atoms with van der Waals surface area (Å²) in [5, 5.41) is 10.5. The largest absolute Gasteiger partial charge is 0.0616 e. The molecule has 0 bridgehead atoms. The van der Waals surface area contributed by atoms with Crippen LogP contribution < -0.4 is 0 Å². The minimum absolute atomic E-state index is 0.115. The molecule has 0 amide bonds. The second-order valence-electron chi connectivity index (χ2n) is 16.9. The molecule has 0 unspecified atom stereocenters. The van der Waals surface area contributed by atoms with E-state index in [1.807, 2.05) is 0 Å². The zero-order valence-corrected chi connectivity index (χ0v) is 33.1. The van der Waals surface area contributed by atoms with Crippen LogP contribution in [0.2, 0.25) is 0 Å². The van der Waals surface area contributed by atoms with Crippen molar-refractivity contribution in [3.8, 4) is 66.8 Å². The Morgan fingerprint density at radius 1 is 0.254 bits per heavy atom. The van der Waals surface area contributed by atoms with Crippen molar-refractivity contribution < 1.29 is 0 Å². The molecule has 0 heteroatoms. The molecule has 0 spiro atoms. The van der Waals surface area contributed by atoms with Crippen molar-refractivity contribution in [3.05, 3.63) is 217 Å². The van der Waals surface area contributed by atoms with Gasteiger partial charge in [0.2, 0.25) is 0 Å². The maximum atomic E-state index is 2.42. The average Bonchev–Trinajstić information content (AvgIpc) is 3.52. The van der Waals surface area contributed by atoms with E-state index in [9.17, 15) is 0 Å². The Bertz CT molecular complexity index is 3400. The van der Waals surface area contributed by atoms with E-state index in [2.05, 4.69) is 220 Å². The lowest BCUT2D eigenvalue weighted by atomic mass is 9.80. The molecule has 0 aliphatic heterocycles. The Labute approximate surface area is 345 Å². The molecule has 12 rings (SSSR count). The van der Waals surface area contributed by atoms with E-state index in [0.29, 0.717) is 0 Å². The molecule has 0 radical (unpaired) electrons. The number of benzene rings is 11. The van der Waals surface area contributed by atoms with Crippen molar-refractivity contribution in [3.63, 3.8) is 0 Å². The standard InChI is InChI=1S/C59H40/c1-59(2)55-35-47(29-32-52(55)53-33-30-48(36-56(53)59)40-19-23-42(24-20-40)50-12-6-8-41-7-3-4-11-49(41)50)39-15-13-37(14-16-39)38-17-21-43(22-18-38)51-31-27-46-26-25-44-9-5-10-45-28-34-54(51)58(46)57(44)45/h3-36H,1-2H3. The third-order valence-electron chi connectivity index (χ3n) is 13.3. The molecule has 0 nitrogen and oxygen atoms in total. The van der Waals surface area contributed by atoms with E-state index in [1.165, 1.54) is 121 Å². The van der Waals surface area contributed by atoms with Gasteiger partial charge in [-0.3, -0.25) is 0 Å². The normalized spacial score (nSPS) is 13.1. The fourth-order valence-corrected chi connectivity index (χ4v) is 10.1. The van der Waals surface area contributed by atoms with Crippen LogP contribution in [0.15, 0.2) is 206 Å². The predicted molar refractivity (Wildman–Crippen MR) is 252 cm³/mol. The summed E-state index contributed by atoms with van der Waals surface area (Å²) in [6, 6.07) is 76.8. The van der Waals surface area contributed by atoms with Gasteiger partial charge in [-0.15, -0.1) is 0 Å². The van der Waals surface area contributed by atoms with E-state index < -0.39 is 0 Å². The molecular formula is C59H40. The van der Waals surface area contributed by atoms with Crippen LogP contribution in [0.5, 0.6) is 0 Å². The Morgan fingerprint density at radius 3 is 1.24 bits per heavy atom. The molecule has 0 heterocycles. The summed E-state index contributed by atoms with van der Waals surface area (Å²) in [4.78, 5) is 0. The lowest BCUT2D eigenvalue weighted by Crippen LogP contribution is -2.15. The Hall–Kier alpha value is -7.28. The highest BCUT2D eigenvalue weighted by molar-refractivity contribution is 6.25. The predicted octanol–water partition coefficient (Wildman–Crippen LogP) is 16.4. The molecule has 0 fully saturated rings. The van der Waals surface area contributed by atoms with Gasteiger partial charge in [0.05, 0.1) is 0 Å². The summed E-state index contributed by atoms with van der Waals surface area (Å²) in [5.74, 6) is 0. The quantitative estimate of drug-likeness (QED) is 0.154. The number of rotatable bonds is 5. The summed E-state index contributed by atoms with van der Waals surface area (Å²) in [7, 11) is 0. The first-order valence-electron chi connectivity index (χ1n) is 20.7. The fraction of sp³-hybridized carbons (Fsp3) is 0.0508. The van der Waals surface area contributed by atoms with Crippen molar-refractivity contribution in [2.24, 2.45) is 0 Å². The minimum atomic E-state index is -0.115. The smallest absolute Gasteiger partial charge is 0.0159 e. The summed E-state index contributed by atoms with van der Waals surface area (Å²) in [6.07, 6.45) is 0. The first-order valence-corrected chi connectivity index (χ1v) is 20.7. The topological polar surface area (TPSA) is 0 Å². The maximum Gasteiger partial charge on any atom is 0.0159 e. The first kappa shape index (κ1) is 33.8. The molecule has 0 N–H and O–H groups in total. The SMILES string of the molecule is CC1(C)c2cc(-c3ccc(-c4ccc(-c5ccc6ccc7cccc8ccc5c6c78)cc4)cc3)ccc2-c2ccc(-c3ccc(-c4cccc5ccccc45)cc3)cc21. The number of hydrogen-bond acceptors (Lipinski definition) is 0. The second kappa shape index (κ2) is 12.9. The van der Waals surface area contributed by atoms with Gasteiger partial charge in [-0.25, -0.2) is 0 Å².